The molecule has 0 radical (unpaired) electrons. The molecule has 0 aromatic heterocycles. The van der Waals surface area contributed by atoms with Gasteiger partial charge in [-0.25, -0.2) is 0 Å². The van der Waals surface area contributed by atoms with E-state index < -0.39 is 35.1 Å². The Kier molecular flexibility index (Phi) is 5.81. The molecule has 0 bridgehead atoms. The average Bonchev–Trinajstić information content (AvgIpc) is 3.30. The molecule has 2 N–H and O–H groups in total. The van der Waals surface area contributed by atoms with E-state index in [1.165, 1.54) is 21.3 Å². The first-order chi connectivity index (χ1) is 17.4. The van der Waals surface area contributed by atoms with E-state index in [9.17, 15) is 15.0 Å². The summed E-state index contributed by atoms with van der Waals surface area (Å²) in [6, 6.07) is 19.5. The molecule has 5 atom stereocenters. The van der Waals surface area contributed by atoms with E-state index in [0.29, 0.717) is 22.6 Å². The van der Waals surface area contributed by atoms with Gasteiger partial charge in [0.15, 0.2) is 11.2 Å². The van der Waals surface area contributed by atoms with Gasteiger partial charge in [-0.1, -0.05) is 42.5 Å². The number of ether oxygens (including phenoxy) is 5. The molecule has 1 fully saturated rings. The minimum atomic E-state index is -2.09. The Morgan fingerprint density at radius 1 is 0.889 bits per heavy atom. The maximum atomic E-state index is 13.2. The van der Waals surface area contributed by atoms with Gasteiger partial charge >= 0.3 is 5.97 Å². The van der Waals surface area contributed by atoms with E-state index in [-0.39, 0.29) is 17.1 Å². The van der Waals surface area contributed by atoms with E-state index in [2.05, 4.69) is 0 Å². The lowest BCUT2D eigenvalue weighted by Crippen LogP contribution is -2.52. The Labute approximate surface area is 209 Å². The summed E-state index contributed by atoms with van der Waals surface area (Å²) in [6.07, 6.45) is -1.60. The largest absolute Gasteiger partial charge is 0.497 e. The lowest BCUT2D eigenvalue weighted by Gasteiger charge is -2.40. The maximum Gasteiger partial charge on any atom is 0.312 e. The van der Waals surface area contributed by atoms with Crippen molar-refractivity contribution in [2.24, 2.45) is 5.92 Å². The molecule has 1 aliphatic heterocycles. The molecular weight excluding hydrogens is 464 g/mol. The van der Waals surface area contributed by atoms with Crippen molar-refractivity contribution in [3.05, 3.63) is 83.4 Å². The molecule has 3 aromatic rings. The SMILES string of the molecule is COC(=O)[C@H]1[C@@H](O)C2(O)c3c(OC)cc(OC)cc3O[C@@]2(c2ccc(OC)cc2)[C@@H]1c1ccccc1. The van der Waals surface area contributed by atoms with Gasteiger partial charge in [0.25, 0.3) is 0 Å². The fourth-order valence-corrected chi connectivity index (χ4v) is 5.90. The van der Waals surface area contributed by atoms with Crippen molar-refractivity contribution in [2.75, 3.05) is 28.4 Å². The zero-order valence-electron chi connectivity index (χ0n) is 20.4. The van der Waals surface area contributed by atoms with Crippen molar-refractivity contribution in [3.63, 3.8) is 0 Å². The predicted molar refractivity (Wildman–Crippen MR) is 129 cm³/mol. The lowest BCUT2D eigenvalue weighted by atomic mass is 9.70. The third-order valence-electron chi connectivity index (χ3n) is 7.43. The molecule has 0 amide bonds. The van der Waals surface area contributed by atoms with Crippen LogP contribution in [0.25, 0.3) is 0 Å². The summed E-state index contributed by atoms with van der Waals surface area (Å²) in [5.41, 5.74) is -2.24. The number of aliphatic hydroxyl groups is 2. The summed E-state index contributed by atoms with van der Waals surface area (Å²) in [6.45, 7) is 0. The highest BCUT2D eigenvalue weighted by molar-refractivity contribution is 5.78. The first-order valence-electron chi connectivity index (χ1n) is 11.5. The molecule has 0 saturated heterocycles. The number of hydrogen-bond acceptors (Lipinski definition) is 8. The lowest BCUT2D eigenvalue weighted by molar-refractivity contribution is -0.161. The van der Waals surface area contributed by atoms with E-state index in [1.807, 2.05) is 30.3 Å². The highest BCUT2D eigenvalue weighted by Gasteiger charge is 2.78. The van der Waals surface area contributed by atoms with Crippen molar-refractivity contribution in [2.45, 2.75) is 23.2 Å². The maximum absolute atomic E-state index is 13.2. The Bertz CT molecular complexity index is 1270. The first-order valence-corrected chi connectivity index (χ1v) is 11.5. The smallest absolute Gasteiger partial charge is 0.312 e. The topological polar surface area (TPSA) is 104 Å². The molecule has 8 nitrogen and oxygen atoms in total. The van der Waals surface area contributed by atoms with Crippen LogP contribution in [0, 0.1) is 5.92 Å². The van der Waals surface area contributed by atoms with Crippen LogP contribution in [0.5, 0.6) is 23.0 Å². The molecule has 0 spiro atoms. The zero-order valence-corrected chi connectivity index (χ0v) is 20.4. The van der Waals surface area contributed by atoms with Crippen LogP contribution in [0.1, 0.15) is 22.6 Å². The molecule has 1 saturated carbocycles. The average molecular weight is 493 g/mol. The van der Waals surface area contributed by atoms with Crippen LogP contribution in [0.3, 0.4) is 0 Å². The van der Waals surface area contributed by atoms with E-state index in [0.717, 1.165) is 0 Å². The van der Waals surface area contributed by atoms with Crippen LogP contribution in [0.4, 0.5) is 0 Å². The third-order valence-corrected chi connectivity index (χ3v) is 7.43. The molecule has 1 heterocycles. The monoisotopic (exact) mass is 492 g/mol. The van der Waals surface area contributed by atoms with Gasteiger partial charge in [-0.05, 0) is 23.3 Å². The Morgan fingerprint density at radius 3 is 2.14 bits per heavy atom. The van der Waals surface area contributed by atoms with Gasteiger partial charge in [-0.2, -0.15) is 0 Å². The van der Waals surface area contributed by atoms with Gasteiger partial charge in [0, 0.05) is 18.1 Å². The summed E-state index contributed by atoms with van der Waals surface area (Å²) >= 11 is 0. The summed E-state index contributed by atoms with van der Waals surface area (Å²) in [7, 11) is 5.79. The molecular formula is C28H28O8. The molecule has 2 aliphatic rings. The second kappa shape index (κ2) is 8.72. The van der Waals surface area contributed by atoms with Gasteiger partial charge in [0.05, 0.1) is 39.9 Å². The zero-order chi connectivity index (χ0) is 25.7. The van der Waals surface area contributed by atoms with Gasteiger partial charge in [-0.3, -0.25) is 4.79 Å². The number of hydrogen-bond donors (Lipinski definition) is 2. The second-order valence-electron chi connectivity index (χ2n) is 8.92. The first kappa shape index (κ1) is 24.0. The summed E-state index contributed by atoms with van der Waals surface area (Å²) in [5.74, 6) is -1.04. The molecule has 8 heteroatoms. The second-order valence-corrected chi connectivity index (χ2v) is 8.92. The molecule has 1 unspecified atom stereocenters. The van der Waals surface area contributed by atoms with Crippen molar-refractivity contribution in [1.82, 2.24) is 0 Å². The molecule has 3 aromatic carbocycles. The molecule has 188 valence electrons. The fourth-order valence-electron chi connectivity index (χ4n) is 5.90. The highest BCUT2D eigenvalue weighted by atomic mass is 16.6. The molecule has 1 aliphatic carbocycles. The van der Waals surface area contributed by atoms with Gasteiger partial charge in [0.1, 0.15) is 29.1 Å². The van der Waals surface area contributed by atoms with Crippen LogP contribution < -0.4 is 18.9 Å². The number of fused-ring (bicyclic) bond motifs is 3. The number of carbonyl (C=O) groups excluding carboxylic acids is 1. The minimum Gasteiger partial charge on any atom is -0.497 e. The minimum absolute atomic E-state index is 0.237. The Hall–Kier alpha value is -3.75. The number of esters is 1. The van der Waals surface area contributed by atoms with Crippen LogP contribution in [0.2, 0.25) is 0 Å². The normalized spacial score (nSPS) is 28.0. The van der Waals surface area contributed by atoms with Crippen LogP contribution in [0.15, 0.2) is 66.7 Å². The Balaban J connectivity index is 1.88. The summed E-state index contributed by atoms with van der Waals surface area (Å²) in [4.78, 5) is 13.2. The highest BCUT2D eigenvalue weighted by Crippen LogP contribution is 2.70. The number of rotatable bonds is 6. The van der Waals surface area contributed by atoms with Crippen LogP contribution in [-0.4, -0.2) is 50.7 Å². The van der Waals surface area contributed by atoms with Crippen molar-refractivity contribution >= 4 is 5.97 Å². The summed E-state index contributed by atoms with van der Waals surface area (Å²) in [5, 5.41) is 24.5. The molecule has 36 heavy (non-hydrogen) atoms. The molecule has 5 rings (SSSR count). The van der Waals surface area contributed by atoms with Crippen molar-refractivity contribution < 1.29 is 38.7 Å². The predicted octanol–water partition coefficient (Wildman–Crippen LogP) is 3.14. The standard InChI is InChI=1S/C28H28O8/c1-32-18-12-10-17(11-13-18)28-23(16-8-6-5-7-9-16)22(26(30)35-4)25(29)27(28,31)24-20(34-3)14-19(33-2)15-21(24)36-28/h5-15,22-23,25,29,31H,1-4H3/t22-,23-,25-,27?,28+/m1/s1. The number of benzene rings is 3. The van der Waals surface area contributed by atoms with Gasteiger partial charge < -0.3 is 33.9 Å². The van der Waals surface area contributed by atoms with E-state index in [4.69, 9.17) is 23.7 Å². The van der Waals surface area contributed by atoms with E-state index >= 15 is 0 Å². The van der Waals surface area contributed by atoms with Crippen LogP contribution >= 0.6 is 0 Å². The van der Waals surface area contributed by atoms with Crippen molar-refractivity contribution in [1.29, 1.82) is 0 Å². The van der Waals surface area contributed by atoms with Crippen molar-refractivity contribution in [3.8, 4) is 23.0 Å². The van der Waals surface area contributed by atoms with Gasteiger partial charge in [0.2, 0.25) is 0 Å². The number of methoxy groups -OCH3 is 4. The number of aliphatic hydroxyl groups excluding tert-OH is 1. The summed E-state index contributed by atoms with van der Waals surface area (Å²) < 4.78 is 28.2. The van der Waals surface area contributed by atoms with Gasteiger partial charge in [-0.15, -0.1) is 0 Å². The quantitative estimate of drug-likeness (QED) is 0.506. The fraction of sp³-hybridized carbons (Fsp3) is 0.321. The van der Waals surface area contributed by atoms with E-state index in [1.54, 1.807) is 43.5 Å². The Morgan fingerprint density at radius 2 is 1.56 bits per heavy atom. The van der Waals surface area contributed by atoms with Crippen LogP contribution in [-0.2, 0) is 20.7 Å². The number of carbonyl (C=O) groups is 1. The third kappa shape index (κ3) is 3.04.